The zero-order chi connectivity index (χ0) is 37.5. The summed E-state index contributed by atoms with van der Waals surface area (Å²) in [5, 5.41) is 6.84. The zero-order valence-corrected chi connectivity index (χ0v) is 31.2. The predicted molar refractivity (Wildman–Crippen MR) is 236 cm³/mol. The lowest BCUT2D eigenvalue weighted by Crippen LogP contribution is -2.04. The molecular weight excluding hydrogens is 717 g/mol. The average Bonchev–Trinajstić information content (AvgIpc) is 3.96. The first-order valence-electron chi connectivity index (χ1n) is 19.0. The molecule has 0 aliphatic heterocycles. The van der Waals surface area contributed by atoms with Crippen LogP contribution in [0.15, 0.2) is 186 Å². The molecule has 0 bridgehead atoms. The van der Waals surface area contributed by atoms with Crippen LogP contribution in [0, 0.1) is 0 Å². The van der Waals surface area contributed by atoms with E-state index in [9.17, 15) is 0 Å². The van der Waals surface area contributed by atoms with Crippen LogP contribution in [0.4, 0.5) is 0 Å². The van der Waals surface area contributed by atoms with E-state index >= 15 is 0 Å². The molecule has 0 aliphatic carbocycles. The van der Waals surface area contributed by atoms with Crippen LogP contribution in [0.3, 0.4) is 0 Å². The Morgan fingerprint density at radius 1 is 0.386 bits per heavy atom. The Bertz CT molecular complexity index is 3420. The number of furan rings is 1. The number of rotatable bonds is 5. The first kappa shape index (κ1) is 31.9. The number of hydrogen-bond acceptors (Lipinski definition) is 5. The summed E-state index contributed by atoms with van der Waals surface area (Å²) in [6, 6.07) is 63.6. The fourth-order valence-electron chi connectivity index (χ4n) is 8.64. The number of aromatic nitrogens is 4. The molecule has 0 saturated carbocycles. The molecule has 0 atom stereocenters. The quantitative estimate of drug-likeness (QED) is 0.176. The third-order valence-corrected chi connectivity index (χ3v) is 12.2. The van der Waals surface area contributed by atoms with Crippen LogP contribution in [0.1, 0.15) is 0 Å². The summed E-state index contributed by atoms with van der Waals surface area (Å²) >= 11 is 1.83. The Kier molecular flexibility index (Phi) is 7.03. The molecule has 0 radical (unpaired) electrons. The number of hydrogen-bond donors (Lipinski definition) is 0. The van der Waals surface area contributed by atoms with Crippen molar-refractivity contribution in [3.05, 3.63) is 182 Å². The summed E-state index contributed by atoms with van der Waals surface area (Å²) in [6.45, 7) is 0. The van der Waals surface area contributed by atoms with E-state index in [1.54, 1.807) is 0 Å². The van der Waals surface area contributed by atoms with E-state index in [0.717, 1.165) is 66.5 Å². The molecule has 5 nitrogen and oxygen atoms in total. The van der Waals surface area contributed by atoms with Crippen LogP contribution in [-0.4, -0.2) is 19.5 Å². The topological polar surface area (TPSA) is 56.7 Å². The molecule has 6 heteroatoms. The number of thiophene rings is 1. The second-order valence-corrected chi connectivity index (χ2v) is 15.4. The molecule has 266 valence electrons. The van der Waals surface area contributed by atoms with E-state index in [0.29, 0.717) is 17.5 Å². The van der Waals surface area contributed by atoms with Crippen molar-refractivity contribution >= 4 is 75.3 Å². The van der Waals surface area contributed by atoms with Gasteiger partial charge in [-0.3, -0.25) is 0 Å². The van der Waals surface area contributed by atoms with Gasteiger partial charge in [0.2, 0.25) is 0 Å². The van der Waals surface area contributed by atoms with Crippen molar-refractivity contribution in [2.45, 2.75) is 0 Å². The smallest absolute Gasteiger partial charge is 0.166 e. The minimum Gasteiger partial charge on any atom is -0.456 e. The minimum atomic E-state index is 0.571. The molecule has 0 saturated heterocycles. The first-order valence-corrected chi connectivity index (χ1v) is 19.8. The minimum absolute atomic E-state index is 0.571. The van der Waals surface area contributed by atoms with Crippen molar-refractivity contribution in [3.63, 3.8) is 0 Å². The van der Waals surface area contributed by atoms with Gasteiger partial charge in [-0.05, 0) is 53.6 Å². The van der Waals surface area contributed by atoms with Crippen molar-refractivity contribution in [2.24, 2.45) is 0 Å². The average molecular weight is 747 g/mol. The Morgan fingerprint density at radius 3 is 1.60 bits per heavy atom. The first-order chi connectivity index (χ1) is 28.3. The van der Waals surface area contributed by atoms with Gasteiger partial charge in [-0.1, -0.05) is 140 Å². The third-order valence-electron chi connectivity index (χ3n) is 11.1. The standard InChI is InChI=1S/C51H30N4OS/c1-3-15-31(16-4-1)49-52-50(32-17-5-2-6-18-32)54-51(53-49)47-40(55-38-24-10-7-19-33(38)34-20-8-11-25-39(34)55)29-30-42-48(47)46-36(22-13-26-41(46)56-42)35-23-14-28-44-45(35)37-21-9-12-27-43(37)57-44/h1-30H. The maximum Gasteiger partial charge on any atom is 0.166 e. The molecule has 12 aromatic rings. The van der Waals surface area contributed by atoms with Gasteiger partial charge in [0.25, 0.3) is 0 Å². The maximum absolute atomic E-state index is 6.86. The van der Waals surface area contributed by atoms with Gasteiger partial charge in [-0.15, -0.1) is 11.3 Å². The van der Waals surface area contributed by atoms with Gasteiger partial charge in [-0.2, -0.15) is 0 Å². The molecule has 0 spiro atoms. The van der Waals surface area contributed by atoms with Crippen molar-refractivity contribution in [3.8, 4) is 51.0 Å². The lowest BCUT2D eigenvalue weighted by atomic mass is 9.93. The summed E-state index contributed by atoms with van der Waals surface area (Å²) in [4.78, 5) is 15.8. The lowest BCUT2D eigenvalue weighted by molar-refractivity contribution is 0.669. The Hall–Kier alpha value is -7.41. The number of para-hydroxylation sites is 2. The van der Waals surface area contributed by atoms with Gasteiger partial charge >= 0.3 is 0 Å². The highest BCUT2D eigenvalue weighted by Crippen LogP contribution is 2.48. The highest BCUT2D eigenvalue weighted by molar-refractivity contribution is 7.25. The van der Waals surface area contributed by atoms with Gasteiger partial charge in [0.05, 0.1) is 22.3 Å². The van der Waals surface area contributed by atoms with Gasteiger partial charge < -0.3 is 8.98 Å². The van der Waals surface area contributed by atoms with E-state index in [1.165, 1.54) is 30.9 Å². The summed E-state index contributed by atoms with van der Waals surface area (Å²) < 4.78 is 11.7. The highest BCUT2D eigenvalue weighted by atomic mass is 32.1. The van der Waals surface area contributed by atoms with Gasteiger partial charge in [0, 0.05) is 52.8 Å². The molecule has 0 fully saturated rings. The fraction of sp³-hybridized carbons (Fsp3) is 0. The zero-order valence-electron chi connectivity index (χ0n) is 30.4. The van der Waals surface area contributed by atoms with Gasteiger partial charge in [-0.25, -0.2) is 15.0 Å². The maximum atomic E-state index is 6.86. The van der Waals surface area contributed by atoms with Crippen LogP contribution in [0.5, 0.6) is 0 Å². The van der Waals surface area contributed by atoms with E-state index in [2.05, 4.69) is 150 Å². The van der Waals surface area contributed by atoms with E-state index in [4.69, 9.17) is 19.4 Å². The van der Waals surface area contributed by atoms with Crippen LogP contribution in [-0.2, 0) is 0 Å². The van der Waals surface area contributed by atoms with Gasteiger partial charge in [0.15, 0.2) is 17.5 Å². The van der Waals surface area contributed by atoms with E-state index < -0.39 is 0 Å². The monoisotopic (exact) mass is 746 g/mol. The third kappa shape index (κ3) is 4.91. The predicted octanol–water partition coefficient (Wildman–Crippen LogP) is 13.9. The fourth-order valence-corrected chi connectivity index (χ4v) is 9.77. The molecule has 0 N–H and O–H groups in total. The molecule has 12 rings (SSSR count). The van der Waals surface area contributed by atoms with Crippen LogP contribution in [0.25, 0.3) is 115 Å². The van der Waals surface area contributed by atoms with Crippen LogP contribution < -0.4 is 0 Å². The molecular formula is C51H30N4OS. The van der Waals surface area contributed by atoms with Crippen molar-refractivity contribution in [2.75, 3.05) is 0 Å². The number of benzene rings is 8. The molecule has 0 unspecified atom stereocenters. The summed E-state index contributed by atoms with van der Waals surface area (Å²) in [6.07, 6.45) is 0. The summed E-state index contributed by atoms with van der Waals surface area (Å²) in [5.41, 5.74) is 9.70. The van der Waals surface area contributed by atoms with E-state index in [-0.39, 0.29) is 0 Å². The summed E-state index contributed by atoms with van der Waals surface area (Å²) in [5.74, 6) is 1.78. The van der Waals surface area contributed by atoms with Crippen LogP contribution >= 0.6 is 11.3 Å². The Labute approximate surface area is 330 Å². The highest BCUT2D eigenvalue weighted by Gasteiger charge is 2.26. The molecule has 0 aliphatic rings. The molecule has 4 heterocycles. The van der Waals surface area contributed by atoms with Crippen molar-refractivity contribution in [1.29, 1.82) is 0 Å². The summed E-state index contributed by atoms with van der Waals surface area (Å²) in [7, 11) is 0. The Balaban J connectivity index is 1.27. The normalized spacial score (nSPS) is 11.9. The van der Waals surface area contributed by atoms with Crippen molar-refractivity contribution < 1.29 is 4.42 Å². The van der Waals surface area contributed by atoms with Gasteiger partial charge in [0.1, 0.15) is 11.2 Å². The Morgan fingerprint density at radius 2 is 0.912 bits per heavy atom. The number of nitrogens with zero attached hydrogens (tertiary/aromatic N) is 4. The molecule has 4 aromatic heterocycles. The molecule has 57 heavy (non-hydrogen) atoms. The SMILES string of the molecule is c1ccc(-c2nc(-c3ccccc3)nc(-c3c(-n4c5ccccc5c5ccccc54)ccc4oc5cccc(-c6cccc7sc8ccccc8c67)c5c34)n2)cc1. The molecule has 0 amide bonds. The number of fused-ring (bicyclic) bond motifs is 9. The largest absolute Gasteiger partial charge is 0.456 e. The lowest BCUT2D eigenvalue weighted by Gasteiger charge is -2.16. The van der Waals surface area contributed by atoms with E-state index in [1.807, 2.05) is 47.7 Å². The van der Waals surface area contributed by atoms with Crippen LogP contribution in [0.2, 0.25) is 0 Å². The second-order valence-electron chi connectivity index (χ2n) is 14.3. The molecule has 8 aromatic carbocycles. The second kappa shape index (κ2) is 12.6. The van der Waals surface area contributed by atoms with Crippen molar-refractivity contribution in [1.82, 2.24) is 19.5 Å².